The summed E-state index contributed by atoms with van der Waals surface area (Å²) in [5.41, 5.74) is 5.88. The van der Waals surface area contributed by atoms with Crippen molar-refractivity contribution in [3.63, 3.8) is 0 Å². The third-order valence-corrected chi connectivity index (χ3v) is 5.10. The van der Waals surface area contributed by atoms with Crippen molar-refractivity contribution in [3.8, 4) is 0 Å². The molecule has 1 aliphatic heterocycles. The number of imidazole rings is 1. The number of para-hydroxylation sites is 1. The molecule has 26 heavy (non-hydrogen) atoms. The van der Waals surface area contributed by atoms with E-state index in [0.29, 0.717) is 0 Å². The van der Waals surface area contributed by atoms with Gasteiger partial charge in [-0.25, -0.2) is 9.78 Å². The fourth-order valence-electron chi connectivity index (χ4n) is 3.79. The van der Waals surface area contributed by atoms with Crippen LogP contribution in [0.5, 0.6) is 0 Å². The number of hydrogen-bond donors (Lipinski definition) is 0. The number of nitrogens with zero attached hydrogens (tertiary/aromatic N) is 4. The van der Waals surface area contributed by atoms with Gasteiger partial charge in [0.1, 0.15) is 6.33 Å². The van der Waals surface area contributed by atoms with E-state index in [1.165, 1.54) is 27.7 Å². The minimum absolute atomic E-state index is 0.119. The van der Waals surface area contributed by atoms with Crippen molar-refractivity contribution in [3.05, 3.63) is 84.2 Å². The summed E-state index contributed by atoms with van der Waals surface area (Å²) in [5, 5.41) is 0. The largest absolute Gasteiger partial charge is 0.347 e. The number of allylic oxidation sites excluding steroid dienone is 3. The molecule has 1 amide bonds. The van der Waals surface area contributed by atoms with E-state index in [0.717, 1.165) is 37.1 Å². The van der Waals surface area contributed by atoms with E-state index >= 15 is 0 Å². The van der Waals surface area contributed by atoms with Crippen LogP contribution >= 0.6 is 0 Å². The van der Waals surface area contributed by atoms with E-state index in [4.69, 9.17) is 0 Å². The Kier molecular flexibility index (Phi) is 4.21. The molecular formula is C21H22N4O. The summed E-state index contributed by atoms with van der Waals surface area (Å²) in [6.07, 6.45) is 11.8. The maximum absolute atomic E-state index is 12.8. The maximum Gasteiger partial charge on any atom is 0.333 e. The van der Waals surface area contributed by atoms with Gasteiger partial charge in [-0.1, -0.05) is 30.9 Å². The Morgan fingerprint density at radius 1 is 1.27 bits per heavy atom. The van der Waals surface area contributed by atoms with Gasteiger partial charge < -0.3 is 4.90 Å². The zero-order valence-electron chi connectivity index (χ0n) is 14.9. The van der Waals surface area contributed by atoms with Crippen molar-refractivity contribution in [1.29, 1.82) is 0 Å². The highest BCUT2D eigenvalue weighted by Crippen LogP contribution is 2.36. The van der Waals surface area contributed by atoms with E-state index in [-0.39, 0.29) is 6.03 Å². The van der Waals surface area contributed by atoms with Crippen molar-refractivity contribution in [2.24, 2.45) is 0 Å². The molecule has 1 aliphatic carbocycles. The summed E-state index contributed by atoms with van der Waals surface area (Å²) in [6, 6.07) is 8.39. The van der Waals surface area contributed by atoms with Crippen molar-refractivity contribution in [2.45, 2.75) is 19.3 Å². The topological polar surface area (TPSA) is 41.4 Å². The molecule has 2 aliphatic rings. The molecule has 0 radical (unpaired) electrons. The lowest BCUT2D eigenvalue weighted by Gasteiger charge is -2.23. The molecule has 0 bridgehead atoms. The van der Waals surface area contributed by atoms with Crippen LogP contribution in [0, 0.1) is 0 Å². The molecular weight excluding hydrogens is 324 g/mol. The number of carbonyl (C=O) groups excluding carboxylic acids is 1. The highest BCUT2D eigenvalue weighted by Gasteiger charge is 2.27. The fourth-order valence-corrected chi connectivity index (χ4v) is 3.79. The van der Waals surface area contributed by atoms with E-state index in [9.17, 15) is 4.79 Å². The fraction of sp³-hybridized carbons (Fsp3) is 0.238. The lowest BCUT2D eigenvalue weighted by Crippen LogP contribution is -2.30. The lowest BCUT2D eigenvalue weighted by molar-refractivity contribution is 0.221. The van der Waals surface area contributed by atoms with E-state index < -0.39 is 0 Å². The molecule has 1 aromatic heterocycles. The first-order valence-electron chi connectivity index (χ1n) is 8.86. The first kappa shape index (κ1) is 16.4. The molecule has 0 atom stereocenters. The van der Waals surface area contributed by atoms with Crippen LogP contribution in [-0.2, 0) is 6.42 Å². The zero-order chi connectivity index (χ0) is 18.1. The summed E-state index contributed by atoms with van der Waals surface area (Å²) in [4.78, 5) is 20.8. The molecule has 2 heterocycles. The average Bonchev–Trinajstić information content (AvgIpc) is 3.41. The maximum atomic E-state index is 12.8. The number of anilines is 1. The number of amides is 1. The summed E-state index contributed by atoms with van der Waals surface area (Å²) in [7, 11) is 1.82. The van der Waals surface area contributed by atoms with Gasteiger partial charge >= 0.3 is 6.03 Å². The quantitative estimate of drug-likeness (QED) is 0.845. The summed E-state index contributed by atoms with van der Waals surface area (Å²) in [5.74, 6) is 0. The second-order valence-electron chi connectivity index (χ2n) is 6.62. The Labute approximate surface area is 153 Å². The highest BCUT2D eigenvalue weighted by atomic mass is 16.2. The van der Waals surface area contributed by atoms with Gasteiger partial charge in [-0.15, -0.1) is 0 Å². The van der Waals surface area contributed by atoms with Crippen molar-refractivity contribution in [1.82, 2.24) is 14.5 Å². The first-order valence-corrected chi connectivity index (χ1v) is 8.86. The van der Waals surface area contributed by atoms with E-state index in [1.807, 2.05) is 13.1 Å². The minimum atomic E-state index is -0.119. The van der Waals surface area contributed by atoms with E-state index in [1.54, 1.807) is 17.3 Å². The van der Waals surface area contributed by atoms with Crippen molar-refractivity contribution < 1.29 is 4.79 Å². The molecule has 5 nitrogen and oxygen atoms in total. The number of rotatable bonds is 3. The molecule has 0 unspecified atom stereocenters. The normalized spacial score (nSPS) is 17.7. The van der Waals surface area contributed by atoms with Gasteiger partial charge in [0.05, 0.1) is 5.70 Å². The second-order valence-corrected chi connectivity index (χ2v) is 6.62. The number of carbonyl (C=O) groups is 1. The smallest absolute Gasteiger partial charge is 0.333 e. The average molecular weight is 346 g/mol. The summed E-state index contributed by atoms with van der Waals surface area (Å²) in [6.45, 7) is 4.91. The molecule has 0 saturated carbocycles. The van der Waals surface area contributed by atoms with Gasteiger partial charge in [0.15, 0.2) is 0 Å². The molecule has 0 spiro atoms. The molecule has 2 aromatic rings. The predicted octanol–water partition coefficient (Wildman–Crippen LogP) is 3.96. The lowest BCUT2D eigenvalue weighted by atomic mass is 10.1. The number of aromatic nitrogens is 2. The van der Waals surface area contributed by atoms with Crippen LogP contribution in [0.4, 0.5) is 10.5 Å². The standard InChI is InChI=1S/C21H22N4O/c1-3-16-8-9-18(14-24-12-10-17-6-4-5-7-19(17)24)20(16)23(2)21(26)25-13-11-22-15-25/h3-7,11,13-15H,1,8-10,12H2,2H3/b18-14+. The monoisotopic (exact) mass is 346 g/mol. The van der Waals surface area contributed by atoms with Gasteiger partial charge in [-0.2, -0.15) is 0 Å². The molecule has 1 aromatic carbocycles. The molecule has 0 fully saturated rings. The Morgan fingerprint density at radius 2 is 2.12 bits per heavy atom. The van der Waals surface area contributed by atoms with Crippen LogP contribution < -0.4 is 4.90 Å². The number of likely N-dealkylation sites (N-methyl/N-ethyl adjacent to an activating group) is 1. The van der Waals surface area contributed by atoms with Gasteiger partial charge in [0.2, 0.25) is 0 Å². The van der Waals surface area contributed by atoms with Gasteiger partial charge in [0.25, 0.3) is 0 Å². The number of hydrogen-bond acceptors (Lipinski definition) is 3. The highest BCUT2D eigenvalue weighted by molar-refractivity contribution is 5.80. The Bertz CT molecular complexity index is 908. The second kappa shape index (κ2) is 6.67. The number of benzene rings is 1. The predicted molar refractivity (Wildman–Crippen MR) is 103 cm³/mol. The summed E-state index contributed by atoms with van der Waals surface area (Å²) < 4.78 is 1.49. The SMILES string of the molecule is C=CC1=C(N(C)C(=O)n2ccnc2)/C(=C/N2CCc3ccccc32)CC1. The molecule has 0 saturated heterocycles. The molecule has 0 N–H and O–H groups in total. The van der Waals surface area contributed by atoms with Crippen LogP contribution in [0.2, 0.25) is 0 Å². The van der Waals surface area contributed by atoms with E-state index in [2.05, 4.69) is 46.9 Å². The zero-order valence-corrected chi connectivity index (χ0v) is 14.9. The molecule has 4 rings (SSSR count). The van der Waals surface area contributed by atoms with Gasteiger partial charge in [0, 0.05) is 37.9 Å². The third kappa shape index (κ3) is 2.75. The van der Waals surface area contributed by atoms with Crippen LogP contribution in [0.25, 0.3) is 0 Å². The Hall–Kier alpha value is -3.08. The van der Waals surface area contributed by atoms with Crippen LogP contribution in [0.3, 0.4) is 0 Å². The van der Waals surface area contributed by atoms with Crippen LogP contribution in [0.15, 0.2) is 78.7 Å². The van der Waals surface area contributed by atoms with Crippen molar-refractivity contribution in [2.75, 3.05) is 18.5 Å². The van der Waals surface area contributed by atoms with Crippen molar-refractivity contribution >= 4 is 11.7 Å². The van der Waals surface area contributed by atoms with Gasteiger partial charge in [-0.05, 0) is 42.0 Å². The Balaban J connectivity index is 1.67. The molecule has 132 valence electrons. The third-order valence-electron chi connectivity index (χ3n) is 5.10. The minimum Gasteiger partial charge on any atom is -0.347 e. The summed E-state index contributed by atoms with van der Waals surface area (Å²) >= 11 is 0. The van der Waals surface area contributed by atoms with Gasteiger partial charge in [-0.3, -0.25) is 9.47 Å². The Morgan fingerprint density at radius 3 is 2.88 bits per heavy atom. The molecule has 5 heteroatoms. The first-order chi connectivity index (χ1) is 12.7. The van der Waals surface area contributed by atoms with Crippen LogP contribution in [-0.4, -0.2) is 34.1 Å². The van der Waals surface area contributed by atoms with Crippen LogP contribution in [0.1, 0.15) is 18.4 Å². The number of fused-ring (bicyclic) bond motifs is 1.